The molecule has 2 amide bonds. The molecule has 0 saturated carbocycles. The highest BCUT2D eigenvalue weighted by Gasteiger charge is 2.11. The van der Waals surface area contributed by atoms with Crippen LogP contribution >= 0.6 is 11.6 Å². The number of para-hydroxylation sites is 1. The molecule has 0 bridgehead atoms. The number of nitrogens with one attached hydrogen (secondary N) is 2. The first-order valence-corrected chi connectivity index (χ1v) is 6.51. The van der Waals surface area contributed by atoms with Gasteiger partial charge >= 0.3 is 12.0 Å². The van der Waals surface area contributed by atoms with Gasteiger partial charge in [0, 0.05) is 11.4 Å². The van der Waals surface area contributed by atoms with Gasteiger partial charge in [0.2, 0.25) is 0 Å². The van der Waals surface area contributed by atoms with Crippen LogP contribution in [0.5, 0.6) is 0 Å². The molecule has 5 nitrogen and oxygen atoms in total. The third-order valence-electron chi connectivity index (χ3n) is 2.85. The molecule has 0 spiro atoms. The quantitative estimate of drug-likeness (QED) is 0.802. The van der Waals surface area contributed by atoms with Crippen LogP contribution < -0.4 is 10.6 Å². The number of carbonyl (C=O) groups excluding carboxylic acids is 1. The molecule has 0 aromatic heterocycles. The zero-order chi connectivity index (χ0) is 15.4. The van der Waals surface area contributed by atoms with Crippen LogP contribution in [0.1, 0.15) is 15.9 Å². The van der Waals surface area contributed by atoms with Gasteiger partial charge in [0.25, 0.3) is 0 Å². The highest BCUT2D eigenvalue weighted by molar-refractivity contribution is 6.33. The lowest BCUT2D eigenvalue weighted by molar-refractivity contribution is 0.0697. The maximum Gasteiger partial charge on any atom is 0.337 e. The SMILES string of the molecule is Cc1ccccc1NC(=O)Nc1ccc(Cl)c(C(=O)O)c1. The maximum absolute atomic E-state index is 11.9. The normalized spacial score (nSPS) is 10.0. The molecule has 2 aromatic carbocycles. The number of rotatable bonds is 3. The lowest BCUT2D eigenvalue weighted by Gasteiger charge is -2.10. The Labute approximate surface area is 126 Å². The van der Waals surface area contributed by atoms with Crippen LogP contribution in [0.25, 0.3) is 0 Å². The van der Waals surface area contributed by atoms with Crippen LogP contribution in [0.4, 0.5) is 16.2 Å². The minimum Gasteiger partial charge on any atom is -0.478 e. The summed E-state index contributed by atoms with van der Waals surface area (Å²) in [6, 6.07) is 11.1. The molecule has 0 aliphatic carbocycles. The third-order valence-corrected chi connectivity index (χ3v) is 3.18. The number of hydrogen-bond donors (Lipinski definition) is 3. The number of hydrogen-bond acceptors (Lipinski definition) is 2. The Bertz CT molecular complexity index is 701. The van der Waals surface area contributed by atoms with E-state index in [0.29, 0.717) is 11.4 Å². The second kappa shape index (κ2) is 6.28. The molecule has 3 N–H and O–H groups in total. The molecule has 0 atom stereocenters. The number of carbonyl (C=O) groups is 2. The van der Waals surface area contributed by atoms with E-state index in [0.717, 1.165) is 5.56 Å². The van der Waals surface area contributed by atoms with E-state index in [2.05, 4.69) is 10.6 Å². The number of benzene rings is 2. The van der Waals surface area contributed by atoms with Crippen LogP contribution in [-0.4, -0.2) is 17.1 Å². The summed E-state index contributed by atoms with van der Waals surface area (Å²) in [4.78, 5) is 22.9. The lowest BCUT2D eigenvalue weighted by Crippen LogP contribution is -2.20. The van der Waals surface area contributed by atoms with E-state index in [-0.39, 0.29) is 10.6 Å². The van der Waals surface area contributed by atoms with E-state index in [1.165, 1.54) is 18.2 Å². The number of urea groups is 1. The predicted octanol–water partition coefficient (Wildman–Crippen LogP) is 3.99. The molecule has 2 aromatic rings. The molecule has 0 aliphatic heterocycles. The molecule has 0 radical (unpaired) electrons. The van der Waals surface area contributed by atoms with Crippen molar-refractivity contribution in [2.75, 3.05) is 10.6 Å². The van der Waals surface area contributed by atoms with E-state index in [9.17, 15) is 9.59 Å². The first kappa shape index (κ1) is 14.9. The summed E-state index contributed by atoms with van der Waals surface area (Å²) in [5, 5.41) is 14.4. The zero-order valence-electron chi connectivity index (χ0n) is 11.2. The molecule has 21 heavy (non-hydrogen) atoms. The summed E-state index contributed by atoms with van der Waals surface area (Å²) in [6.07, 6.45) is 0. The van der Waals surface area contributed by atoms with Crippen molar-refractivity contribution in [3.8, 4) is 0 Å². The second-order valence-corrected chi connectivity index (χ2v) is 4.80. The number of amides is 2. The van der Waals surface area contributed by atoms with Gasteiger partial charge in [0.1, 0.15) is 0 Å². The Hall–Kier alpha value is -2.53. The van der Waals surface area contributed by atoms with E-state index in [1.54, 1.807) is 6.07 Å². The fourth-order valence-electron chi connectivity index (χ4n) is 1.76. The van der Waals surface area contributed by atoms with Gasteiger partial charge in [-0.1, -0.05) is 29.8 Å². The van der Waals surface area contributed by atoms with E-state index >= 15 is 0 Å². The van der Waals surface area contributed by atoms with Crippen LogP contribution in [0.2, 0.25) is 5.02 Å². The average Bonchev–Trinajstić information content (AvgIpc) is 2.43. The first-order valence-electron chi connectivity index (χ1n) is 6.14. The van der Waals surface area contributed by atoms with Crippen molar-refractivity contribution in [1.82, 2.24) is 0 Å². The minimum atomic E-state index is -1.15. The summed E-state index contributed by atoms with van der Waals surface area (Å²) >= 11 is 5.77. The molecule has 0 unspecified atom stereocenters. The second-order valence-electron chi connectivity index (χ2n) is 4.39. The van der Waals surface area contributed by atoms with E-state index in [4.69, 9.17) is 16.7 Å². The van der Waals surface area contributed by atoms with Crippen molar-refractivity contribution < 1.29 is 14.7 Å². The highest BCUT2D eigenvalue weighted by atomic mass is 35.5. The van der Waals surface area contributed by atoms with Crippen LogP contribution in [0.15, 0.2) is 42.5 Å². The zero-order valence-corrected chi connectivity index (χ0v) is 11.9. The summed E-state index contributed by atoms with van der Waals surface area (Å²) < 4.78 is 0. The van der Waals surface area contributed by atoms with Crippen molar-refractivity contribution in [1.29, 1.82) is 0 Å². The van der Waals surface area contributed by atoms with Crippen LogP contribution in [-0.2, 0) is 0 Å². The van der Waals surface area contributed by atoms with Crippen molar-refractivity contribution in [2.24, 2.45) is 0 Å². The fourth-order valence-corrected chi connectivity index (χ4v) is 1.96. The summed E-state index contributed by atoms with van der Waals surface area (Å²) in [5.41, 5.74) is 1.89. The smallest absolute Gasteiger partial charge is 0.337 e. The predicted molar refractivity (Wildman–Crippen MR) is 82.2 cm³/mol. The van der Waals surface area contributed by atoms with E-state index < -0.39 is 12.0 Å². The van der Waals surface area contributed by atoms with Crippen molar-refractivity contribution in [2.45, 2.75) is 6.92 Å². The molecule has 6 heteroatoms. The molecular formula is C15H13ClN2O3. The van der Waals surface area contributed by atoms with Gasteiger partial charge in [-0.15, -0.1) is 0 Å². The molecule has 0 heterocycles. The number of aromatic carboxylic acids is 1. The average molecular weight is 305 g/mol. The van der Waals surface area contributed by atoms with Gasteiger partial charge in [-0.2, -0.15) is 0 Å². The Kier molecular flexibility index (Phi) is 4.45. The Morgan fingerprint density at radius 2 is 1.81 bits per heavy atom. The molecular weight excluding hydrogens is 292 g/mol. The van der Waals surface area contributed by atoms with Gasteiger partial charge < -0.3 is 15.7 Å². The highest BCUT2D eigenvalue weighted by Crippen LogP contribution is 2.21. The van der Waals surface area contributed by atoms with Gasteiger partial charge in [-0.25, -0.2) is 9.59 Å². The van der Waals surface area contributed by atoms with Crippen molar-refractivity contribution >= 4 is 35.0 Å². The largest absolute Gasteiger partial charge is 0.478 e. The van der Waals surface area contributed by atoms with Gasteiger partial charge in [-0.05, 0) is 36.8 Å². The molecule has 108 valence electrons. The number of halogens is 1. The van der Waals surface area contributed by atoms with Crippen LogP contribution in [0.3, 0.4) is 0 Å². The summed E-state index contributed by atoms with van der Waals surface area (Å²) in [7, 11) is 0. The Morgan fingerprint density at radius 3 is 2.48 bits per heavy atom. The van der Waals surface area contributed by atoms with Crippen LogP contribution in [0, 0.1) is 6.92 Å². The number of aryl methyl sites for hydroxylation is 1. The Balaban J connectivity index is 2.12. The minimum absolute atomic E-state index is 0.0645. The van der Waals surface area contributed by atoms with Crippen molar-refractivity contribution in [3.05, 3.63) is 58.6 Å². The third kappa shape index (κ3) is 3.73. The van der Waals surface area contributed by atoms with Gasteiger partial charge in [-0.3, -0.25) is 0 Å². The molecule has 0 saturated heterocycles. The molecule has 2 rings (SSSR count). The summed E-state index contributed by atoms with van der Waals surface area (Å²) in [5.74, 6) is -1.15. The number of carboxylic acid groups (broad SMARTS) is 1. The monoisotopic (exact) mass is 304 g/mol. The first-order chi connectivity index (χ1) is 9.97. The van der Waals surface area contributed by atoms with Crippen molar-refractivity contribution in [3.63, 3.8) is 0 Å². The number of anilines is 2. The lowest BCUT2D eigenvalue weighted by atomic mass is 10.2. The number of carboxylic acids is 1. The van der Waals surface area contributed by atoms with E-state index in [1.807, 2.05) is 25.1 Å². The maximum atomic E-state index is 11.9. The topological polar surface area (TPSA) is 78.4 Å². The summed E-state index contributed by atoms with van der Waals surface area (Å²) in [6.45, 7) is 1.88. The standard InChI is InChI=1S/C15H13ClN2O3/c1-9-4-2-3-5-13(9)18-15(21)17-10-6-7-12(16)11(8-10)14(19)20/h2-8H,1H3,(H,19,20)(H2,17,18,21). The van der Waals surface area contributed by atoms with Gasteiger partial charge in [0.05, 0.1) is 10.6 Å². The molecule has 0 aliphatic rings. The Morgan fingerprint density at radius 1 is 1.10 bits per heavy atom. The van der Waals surface area contributed by atoms with Gasteiger partial charge in [0.15, 0.2) is 0 Å². The molecule has 0 fully saturated rings. The fraction of sp³-hybridized carbons (Fsp3) is 0.0667.